The maximum atomic E-state index is 9.39. The van der Waals surface area contributed by atoms with Crippen molar-refractivity contribution in [3.8, 4) is 0 Å². The van der Waals surface area contributed by atoms with Gasteiger partial charge in [-0.05, 0) is 32.4 Å². The molecule has 1 aliphatic rings. The molecule has 5 nitrogen and oxygen atoms in total. The molecule has 1 atom stereocenters. The van der Waals surface area contributed by atoms with Gasteiger partial charge in [-0.15, -0.1) is 0 Å². The van der Waals surface area contributed by atoms with Crippen LogP contribution in [0.5, 0.6) is 0 Å². The minimum atomic E-state index is 0.00907. The molecule has 0 spiro atoms. The molecule has 2 N–H and O–H groups in total. The molecule has 1 aromatic heterocycles. The Morgan fingerprint density at radius 3 is 2.85 bits per heavy atom. The molecule has 0 saturated carbocycles. The molecule has 0 bridgehead atoms. The average molecular weight is 279 g/mol. The van der Waals surface area contributed by atoms with Gasteiger partial charge in [0, 0.05) is 24.8 Å². The molecule has 2 rings (SSSR count). The highest BCUT2D eigenvalue weighted by atomic mass is 16.5. The summed E-state index contributed by atoms with van der Waals surface area (Å²) in [7, 11) is 0. The number of hydrogen-bond acceptors (Lipinski definition) is 5. The Hall–Kier alpha value is -1.17. The summed E-state index contributed by atoms with van der Waals surface area (Å²) >= 11 is 0. The molecule has 0 aromatic carbocycles. The molecule has 1 aromatic rings. The second kappa shape index (κ2) is 6.52. The van der Waals surface area contributed by atoms with Crippen molar-refractivity contribution in [3.63, 3.8) is 0 Å². The monoisotopic (exact) mass is 279 g/mol. The number of hydrogen-bond donors (Lipinski definition) is 2. The zero-order chi connectivity index (χ0) is 14.6. The molecule has 1 saturated heterocycles. The van der Waals surface area contributed by atoms with Crippen LogP contribution in [0.2, 0.25) is 0 Å². The summed E-state index contributed by atoms with van der Waals surface area (Å²) in [5, 5.41) is 12.8. The molecule has 5 heteroatoms. The maximum absolute atomic E-state index is 9.39. The highest BCUT2D eigenvalue weighted by Gasteiger charge is 2.23. The van der Waals surface area contributed by atoms with Crippen molar-refractivity contribution < 1.29 is 9.84 Å². The van der Waals surface area contributed by atoms with Crippen LogP contribution in [-0.4, -0.2) is 48.0 Å². The lowest BCUT2D eigenvalue weighted by atomic mass is 10.1. The Kier molecular flexibility index (Phi) is 4.96. The van der Waals surface area contributed by atoms with Gasteiger partial charge >= 0.3 is 0 Å². The van der Waals surface area contributed by atoms with E-state index in [1.807, 2.05) is 12.3 Å². The summed E-state index contributed by atoms with van der Waals surface area (Å²) in [5.41, 5.74) is 1.27. The number of aliphatic hydroxyl groups excluding tert-OH is 1. The summed E-state index contributed by atoms with van der Waals surface area (Å²) in [6.07, 6.45) is 1.90. The van der Waals surface area contributed by atoms with Crippen LogP contribution in [-0.2, 0) is 11.3 Å². The number of aromatic nitrogens is 1. The third kappa shape index (κ3) is 4.16. The minimum absolute atomic E-state index is 0.00907. The van der Waals surface area contributed by atoms with Crippen molar-refractivity contribution in [3.05, 3.63) is 23.9 Å². The molecule has 0 amide bonds. The summed E-state index contributed by atoms with van der Waals surface area (Å²) in [6, 6.07) is 4.12. The lowest BCUT2D eigenvalue weighted by Crippen LogP contribution is -2.48. The van der Waals surface area contributed by atoms with Crippen molar-refractivity contribution in [2.75, 3.05) is 31.3 Å². The van der Waals surface area contributed by atoms with Gasteiger partial charge in [-0.3, -0.25) is 0 Å². The summed E-state index contributed by atoms with van der Waals surface area (Å²) in [4.78, 5) is 6.64. The van der Waals surface area contributed by atoms with Crippen LogP contribution >= 0.6 is 0 Å². The van der Waals surface area contributed by atoms with Crippen LogP contribution in [0.15, 0.2) is 18.3 Å². The quantitative estimate of drug-likeness (QED) is 0.866. The van der Waals surface area contributed by atoms with Crippen LogP contribution in [0.1, 0.15) is 26.3 Å². The molecule has 112 valence electrons. The Bertz CT molecular complexity index is 414. The van der Waals surface area contributed by atoms with Gasteiger partial charge in [-0.25, -0.2) is 4.98 Å². The average Bonchev–Trinajstić information content (AvgIpc) is 2.45. The SMILES string of the molecule is CC(C)(C)NCc1ccc(N2CCOCC2CO)nc1. The first-order valence-electron chi connectivity index (χ1n) is 7.15. The van der Waals surface area contributed by atoms with Gasteiger partial charge in [-0.1, -0.05) is 6.07 Å². The molecule has 1 fully saturated rings. The van der Waals surface area contributed by atoms with E-state index in [1.54, 1.807) is 0 Å². The Balaban J connectivity index is 2.00. The smallest absolute Gasteiger partial charge is 0.128 e. The molecule has 20 heavy (non-hydrogen) atoms. The highest BCUT2D eigenvalue weighted by molar-refractivity contribution is 5.41. The molecule has 0 aliphatic carbocycles. The van der Waals surface area contributed by atoms with E-state index in [0.29, 0.717) is 13.2 Å². The zero-order valence-corrected chi connectivity index (χ0v) is 12.6. The van der Waals surface area contributed by atoms with E-state index in [-0.39, 0.29) is 18.2 Å². The van der Waals surface area contributed by atoms with Gasteiger partial charge in [0.15, 0.2) is 0 Å². The number of pyridine rings is 1. The first kappa shape index (κ1) is 15.2. The molecular weight excluding hydrogens is 254 g/mol. The van der Waals surface area contributed by atoms with Crippen LogP contribution < -0.4 is 10.2 Å². The van der Waals surface area contributed by atoms with Gasteiger partial charge in [0.25, 0.3) is 0 Å². The number of aliphatic hydroxyl groups is 1. The maximum Gasteiger partial charge on any atom is 0.128 e. The van der Waals surface area contributed by atoms with E-state index in [9.17, 15) is 5.11 Å². The van der Waals surface area contributed by atoms with E-state index in [0.717, 1.165) is 24.5 Å². The third-order valence-corrected chi connectivity index (χ3v) is 3.36. The number of nitrogens with one attached hydrogen (secondary N) is 1. The van der Waals surface area contributed by atoms with E-state index in [2.05, 4.69) is 42.0 Å². The summed E-state index contributed by atoms with van der Waals surface area (Å²) < 4.78 is 5.39. The molecule has 2 heterocycles. The lowest BCUT2D eigenvalue weighted by molar-refractivity contribution is 0.0723. The van der Waals surface area contributed by atoms with Gasteiger partial charge in [-0.2, -0.15) is 0 Å². The molecule has 1 aliphatic heterocycles. The topological polar surface area (TPSA) is 57.6 Å². The van der Waals surface area contributed by atoms with Crippen LogP contribution in [0.25, 0.3) is 0 Å². The van der Waals surface area contributed by atoms with E-state index in [4.69, 9.17) is 4.74 Å². The predicted octanol–water partition coefficient (Wildman–Crippen LogP) is 1.17. The fourth-order valence-corrected chi connectivity index (χ4v) is 2.17. The molecular formula is C15H25N3O2. The largest absolute Gasteiger partial charge is 0.394 e. The molecule has 1 unspecified atom stereocenters. The van der Waals surface area contributed by atoms with Crippen molar-refractivity contribution in [1.82, 2.24) is 10.3 Å². The first-order valence-corrected chi connectivity index (χ1v) is 7.15. The van der Waals surface area contributed by atoms with Crippen molar-refractivity contribution in [2.24, 2.45) is 0 Å². The van der Waals surface area contributed by atoms with Crippen LogP contribution in [0.4, 0.5) is 5.82 Å². The van der Waals surface area contributed by atoms with Gasteiger partial charge in [0.2, 0.25) is 0 Å². The minimum Gasteiger partial charge on any atom is -0.394 e. The highest BCUT2D eigenvalue weighted by Crippen LogP contribution is 2.17. The Morgan fingerprint density at radius 1 is 1.45 bits per heavy atom. The van der Waals surface area contributed by atoms with E-state index in [1.165, 1.54) is 0 Å². The lowest BCUT2D eigenvalue weighted by Gasteiger charge is -2.35. The second-order valence-corrected chi connectivity index (χ2v) is 6.23. The fraction of sp³-hybridized carbons (Fsp3) is 0.667. The van der Waals surface area contributed by atoms with Crippen molar-refractivity contribution >= 4 is 5.82 Å². The number of nitrogens with zero attached hydrogens (tertiary/aromatic N) is 2. The summed E-state index contributed by atoms with van der Waals surface area (Å²) in [5.74, 6) is 0.909. The molecule has 0 radical (unpaired) electrons. The standard InChI is InChI=1S/C15H25N3O2/c1-15(2,3)17-9-12-4-5-14(16-8-12)18-6-7-20-11-13(18)10-19/h4-5,8,13,17,19H,6-7,9-11H2,1-3H3. The van der Waals surface area contributed by atoms with Gasteiger partial charge in [0.05, 0.1) is 25.9 Å². The Labute approximate surface area is 121 Å². The van der Waals surface area contributed by atoms with Crippen molar-refractivity contribution in [2.45, 2.75) is 38.9 Å². The number of anilines is 1. The van der Waals surface area contributed by atoms with Crippen LogP contribution in [0, 0.1) is 0 Å². The number of ether oxygens (including phenoxy) is 1. The van der Waals surface area contributed by atoms with E-state index < -0.39 is 0 Å². The normalized spacial score (nSPS) is 20.2. The van der Waals surface area contributed by atoms with Crippen LogP contribution in [0.3, 0.4) is 0 Å². The van der Waals surface area contributed by atoms with Crippen molar-refractivity contribution in [1.29, 1.82) is 0 Å². The Morgan fingerprint density at radius 2 is 2.25 bits per heavy atom. The van der Waals surface area contributed by atoms with E-state index >= 15 is 0 Å². The first-order chi connectivity index (χ1) is 9.49. The van der Waals surface area contributed by atoms with Gasteiger partial charge in [0.1, 0.15) is 5.82 Å². The number of rotatable bonds is 4. The third-order valence-electron chi connectivity index (χ3n) is 3.36. The zero-order valence-electron chi connectivity index (χ0n) is 12.6. The predicted molar refractivity (Wildman–Crippen MR) is 79.9 cm³/mol. The van der Waals surface area contributed by atoms with Gasteiger partial charge < -0.3 is 20.1 Å². The summed E-state index contributed by atoms with van der Waals surface area (Å²) in [6.45, 7) is 9.37. The number of morpholine rings is 1. The second-order valence-electron chi connectivity index (χ2n) is 6.23. The fourth-order valence-electron chi connectivity index (χ4n) is 2.17.